The average Bonchev–Trinajstić information content (AvgIpc) is 3.22. The van der Waals surface area contributed by atoms with E-state index in [0.29, 0.717) is 6.04 Å². The van der Waals surface area contributed by atoms with Gasteiger partial charge in [0.1, 0.15) is 0 Å². The lowest BCUT2D eigenvalue weighted by atomic mass is 9.72. The number of aryl methyl sites for hydroxylation is 2. The molecule has 0 bridgehead atoms. The van der Waals surface area contributed by atoms with Gasteiger partial charge in [-0.05, 0) is 79.8 Å². The van der Waals surface area contributed by atoms with Crippen molar-refractivity contribution in [2.75, 3.05) is 13.1 Å². The van der Waals surface area contributed by atoms with Crippen LogP contribution in [0.2, 0.25) is 0 Å². The zero-order chi connectivity index (χ0) is 22.1. The first-order valence-electron chi connectivity index (χ1n) is 12.6. The lowest BCUT2D eigenvalue weighted by Gasteiger charge is -2.52. The van der Waals surface area contributed by atoms with Crippen molar-refractivity contribution in [1.29, 1.82) is 0 Å². The van der Waals surface area contributed by atoms with Crippen molar-refractivity contribution in [1.82, 2.24) is 14.5 Å². The van der Waals surface area contributed by atoms with Crippen molar-refractivity contribution in [2.24, 2.45) is 0 Å². The SMILES string of the molecule is c1ccc(C2(N3CCC3)CCC(n3cc(CCc4ccncc4)c4ccccc43)CC2)cc1. The molecule has 2 fully saturated rings. The largest absolute Gasteiger partial charge is 0.344 e. The minimum absolute atomic E-state index is 0.239. The number of pyridine rings is 1. The van der Waals surface area contributed by atoms with Crippen molar-refractivity contribution >= 4 is 10.9 Å². The third kappa shape index (κ3) is 3.79. The van der Waals surface area contributed by atoms with Gasteiger partial charge in [0.25, 0.3) is 0 Å². The van der Waals surface area contributed by atoms with Crippen LogP contribution in [-0.2, 0) is 18.4 Å². The lowest BCUT2D eigenvalue weighted by molar-refractivity contribution is -0.0114. The maximum Gasteiger partial charge on any atom is 0.0485 e. The van der Waals surface area contributed by atoms with Crippen molar-refractivity contribution < 1.29 is 0 Å². The zero-order valence-corrected chi connectivity index (χ0v) is 19.4. The Bertz CT molecular complexity index is 1200. The smallest absolute Gasteiger partial charge is 0.0485 e. The van der Waals surface area contributed by atoms with E-state index in [1.165, 1.54) is 72.8 Å². The van der Waals surface area contributed by atoms with E-state index < -0.39 is 0 Å². The number of hydrogen-bond donors (Lipinski definition) is 0. The van der Waals surface area contributed by atoms with Crippen molar-refractivity contribution in [3.63, 3.8) is 0 Å². The van der Waals surface area contributed by atoms with E-state index in [0.717, 1.165) is 12.8 Å². The Hall–Kier alpha value is -2.91. The fraction of sp³-hybridized carbons (Fsp3) is 0.367. The third-order valence-electron chi connectivity index (χ3n) is 8.20. The van der Waals surface area contributed by atoms with Gasteiger partial charge in [0.05, 0.1) is 0 Å². The predicted octanol–water partition coefficient (Wildman–Crippen LogP) is 6.54. The van der Waals surface area contributed by atoms with Crippen LogP contribution >= 0.6 is 0 Å². The van der Waals surface area contributed by atoms with Crippen LogP contribution in [0.1, 0.15) is 54.8 Å². The summed E-state index contributed by atoms with van der Waals surface area (Å²) in [6.07, 6.45) is 14.7. The second kappa shape index (κ2) is 8.79. The van der Waals surface area contributed by atoms with E-state index in [2.05, 4.69) is 87.4 Å². The van der Waals surface area contributed by atoms with Gasteiger partial charge in [-0.1, -0.05) is 48.5 Å². The molecule has 0 radical (unpaired) electrons. The topological polar surface area (TPSA) is 21.1 Å². The second-order valence-corrected chi connectivity index (χ2v) is 9.90. The van der Waals surface area contributed by atoms with Gasteiger partial charge in [-0.15, -0.1) is 0 Å². The fourth-order valence-corrected chi connectivity index (χ4v) is 6.25. The van der Waals surface area contributed by atoms with E-state index in [1.807, 2.05) is 12.4 Å². The molecule has 33 heavy (non-hydrogen) atoms. The van der Waals surface area contributed by atoms with Gasteiger partial charge in [-0.2, -0.15) is 0 Å². The summed E-state index contributed by atoms with van der Waals surface area (Å²) in [5.41, 5.74) is 6.01. The molecule has 0 unspecified atom stereocenters. The van der Waals surface area contributed by atoms with Crippen LogP contribution in [0.25, 0.3) is 10.9 Å². The molecule has 0 N–H and O–H groups in total. The molecule has 1 saturated heterocycles. The molecule has 0 spiro atoms. The van der Waals surface area contributed by atoms with Gasteiger partial charge >= 0.3 is 0 Å². The summed E-state index contributed by atoms with van der Waals surface area (Å²) in [5, 5.41) is 1.43. The van der Waals surface area contributed by atoms with Gasteiger partial charge in [0, 0.05) is 54.2 Å². The first-order valence-corrected chi connectivity index (χ1v) is 12.6. The highest BCUT2D eigenvalue weighted by Crippen LogP contribution is 2.48. The Labute approximate surface area is 197 Å². The number of aromatic nitrogens is 2. The quantitative estimate of drug-likeness (QED) is 0.343. The number of rotatable bonds is 6. The molecule has 1 aliphatic carbocycles. The van der Waals surface area contributed by atoms with E-state index in [-0.39, 0.29) is 5.54 Å². The summed E-state index contributed by atoms with van der Waals surface area (Å²) in [6.45, 7) is 2.51. The molecular formula is C30H33N3. The second-order valence-electron chi connectivity index (χ2n) is 9.90. The molecule has 4 aromatic rings. The van der Waals surface area contributed by atoms with E-state index in [9.17, 15) is 0 Å². The first kappa shape index (κ1) is 20.7. The van der Waals surface area contributed by atoms with E-state index in [1.54, 1.807) is 0 Å². The van der Waals surface area contributed by atoms with Gasteiger partial charge in [0.2, 0.25) is 0 Å². The summed E-state index contributed by atoms with van der Waals surface area (Å²) >= 11 is 0. The van der Waals surface area contributed by atoms with Gasteiger partial charge in [-0.3, -0.25) is 9.88 Å². The number of likely N-dealkylation sites (tertiary alicyclic amines) is 1. The molecule has 1 aliphatic heterocycles. The zero-order valence-electron chi connectivity index (χ0n) is 19.4. The van der Waals surface area contributed by atoms with Gasteiger partial charge in [0.15, 0.2) is 0 Å². The van der Waals surface area contributed by atoms with Crippen LogP contribution in [0, 0.1) is 0 Å². The maximum absolute atomic E-state index is 4.16. The Morgan fingerprint density at radius 1 is 0.818 bits per heavy atom. The van der Waals surface area contributed by atoms with Crippen LogP contribution in [0.15, 0.2) is 85.3 Å². The summed E-state index contributed by atoms with van der Waals surface area (Å²) in [6, 6.07) is 25.2. The number of nitrogens with zero attached hydrogens (tertiary/aromatic N) is 3. The minimum atomic E-state index is 0.239. The minimum Gasteiger partial charge on any atom is -0.344 e. The highest BCUT2D eigenvalue weighted by atomic mass is 15.2. The highest BCUT2D eigenvalue weighted by Gasteiger charge is 2.44. The first-order chi connectivity index (χ1) is 16.3. The summed E-state index contributed by atoms with van der Waals surface area (Å²) < 4.78 is 2.61. The van der Waals surface area contributed by atoms with Gasteiger partial charge < -0.3 is 4.57 Å². The Balaban J connectivity index is 1.26. The standard InChI is InChI=1S/C30H33N3/c1-2-7-26(8-3-1)30(32-21-6-22-32)17-13-27(14-18-30)33-23-25(28-9-4-5-10-29(28)33)12-11-24-15-19-31-20-16-24/h1-5,7-10,15-16,19-20,23,27H,6,11-14,17-18,21-22H2. The monoisotopic (exact) mass is 435 g/mol. The molecule has 2 aliphatic rings. The molecule has 1 saturated carbocycles. The normalized spacial score (nSPS) is 23.5. The van der Waals surface area contributed by atoms with Crippen LogP contribution in [0.3, 0.4) is 0 Å². The average molecular weight is 436 g/mol. The van der Waals surface area contributed by atoms with Crippen LogP contribution in [-0.4, -0.2) is 27.5 Å². The van der Waals surface area contributed by atoms with Crippen LogP contribution in [0.5, 0.6) is 0 Å². The van der Waals surface area contributed by atoms with E-state index in [4.69, 9.17) is 0 Å². The van der Waals surface area contributed by atoms with Crippen LogP contribution in [0.4, 0.5) is 0 Å². The number of fused-ring (bicyclic) bond motifs is 1. The van der Waals surface area contributed by atoms with Crippen LogP contribution < -0.4 is 0 Å². The number of para-hydroxylation sites is 1. The predicted molar refractivity (Wildman–Crippen MR) is 135 cm³/mol. The third-order valence-corrected chi connectivity index (χ3v) is 8.20. The van der Waals surface area contributed by atoms with Crippen molar-refractivity contribution in [3.05, 3.63) is 102 Å². The molecule has 0 amide bonds. The Morgan fingerprint density at radius 3 is 2.27 bits per heavy atom. The Morgan fingerprint density at radius 2 is 1.55 bits per heavy atom. The molecule has 0 atom stereocenters. The van der Waals surface area contributed by atoms with Crippen molar-refractivity contribution in [2.45, 2.75) is 56.5 Å². The molecule has 3 nitrogen and oxygen atoms in total. The van der Waals surface area contributed by atoms with E-state index >= 15 is 0 Å². The summed E-state index contributed by atoms with van der Waals surface area (Å²) in [7, 11) is 0. The molecule has 2 aromatic heterocycles. The fourth-order valence-electron chi connectivity index (χ4n) is 6.25. The molecule has 3 heteroatoms. The highest BCUT2D eigenvalue weighted by molar-refractivity contribution is 5.84. The molecule has 6 rings (SSSR count). The molecule has 3 heterocycles. The maximum atomic E-state index is 4.16. The number of benzene rings is 2. The summed E-state index contributed by atoms with van der Waals surface area (Å²) in [4.78, 5) is 6.92. The van der Waals surface area contributed by atoms with Gasteiger partial charge in [-0.25, -0.2) is 0 Å². The summed E-state index contributed by atoms with van der Waals surface area (Å²) in [5.74, 6) is 0. The van der Waals surface area contributed by atoms with Crippen molar-refractivity contribution in [3.8, 4) is 0 Å². The molecule has 168 valence electrons. The lowest BCUT2D eigenvalue weighted by Crippen LogP contribution is -2.54. The number of hydrogen-bond acceptors (Lipinski definition) is 2. The molecular weight excluding hydrogens is 402 g/mol. The molecule has 2 aromatic carbocycles. The Kier molecular flexibility index (Phi) is 5.51.